The van der Waals surface area contributed by atoms with E-state index in [9.17, 15) is 4.79 Å². The Morgan fingerprint density at radius 3 is 2.36 bits per heavy atom. The van der Waals surface area contributed by atoms with Gasteiger partial charge in [-0.25, -0.2) is 0 Å². The predicted octanol–water partition coefficient (Wildman–Crippen LogP) is 2.96. The highest BCUT2D eigenvalue weighted by Gasteiger charge is 2.29. The molecule has 1 fully saturated rings. The standard InChI is InChI=1S/C11H20O2S/c1-11(13-10(12)6-9-14)7-4-2-3-5-8-11/h14H,2-9H2,1H3. The van der Waals surface area contributed by atoms with Crippen molar-refractivity contribution in [1.82, 2.24) is 0 Å². The van der Waals surface area contributed by atoms with Crippen molar-refractivity contribution < 1.29 is 9.53 Å². The monoisotopic (exact) mass is 216 g/mol. The molecule has 0 spiro atoms. The fourth-order valence-corrected chi connectivity index (χ4v) is 2.18. The molecule has 82 valence electrons. The zero-order valence-electron chi connectivity index (χ0n) is 8.92. The molecule has 0 heterocycles. The highest BCUT2D eigenvalue weighted by Crippen LogP contribution is 2.30. The Morgan fingerprint density at radius 1 is 1.29 bits per heavy atom. The van der Waals surface area contributed by atoms with E-state index in [1.54, 1.807) is 0 Å². The summed E-state index contributed by atoms with van der Waals surface area (Å²) in [7, 11) is 0. The topological polar surface area (TPSA) is 26.3 Å². The second kappa shape index (κ2) is 5.64. The van der Waals surface area contributed by atoms with E-state index in [0.29, 0.717) is 12.2 Å². The van der Waals surface area contributed by atoms with Gasteiger partial charge in [-0.2, -0.15) is 12.6 Å². The Bertz CT molecular complexity index is 184. The van der Waals surface area contributed by atoms with Gasteiger partial charge in [0.2, 0.25) is 0 Å². The number of carbonyl (C=O) groups excluding carboxylic acids is 1. The van der Waals surface area contributed by atoms with Gasteiger partial charge in [0.1, 0.15) is 5.60 Å². The molecule has 1 aliphatic rings. The van der Waals surface area contributed by atoms with Gasteiger partial charge in [-0.05, 0) is 32.6 Å². The molecule has 3 heteroatoms. The Balaban J connectivity index is 2.41. The molecule has 0 radical (unpaired) electrons. The molecular weight excluding hydrogens is 196 g/mol. The first kappa shape index (κ1) is 11.9. The van der Waals surface area contributed by atoms with Gasteiger partial charge in [0, 0.05) is 5.75 Å². The van der Waals surface area contributed by atoms with E-state index < -0.39 is 0 Å². The van der Waals surface area contributed by atoms with Gasteiger partial charge in [0.15, 0.2) is 0 Å². The number of hydrogen-bond donors (Lipinski definition) is 1. The Labute approximate surface area is 91.8 Å². The number of ether oxygens (including phenoxy) is 1. The second-order valence-corrected chi connectivity index (χ2v) is 4.76. The van der Waals surface area contributed by atoms with Crippen molar-refractivity contribution in [2.45, 2.75) is 57.5 Å². The number of thiol groups is 1. The van der Waals surface area contributed by atoms with Gasteiger partial charge in [-0.3, -0.25) is 4.79 Å². The van der Waals surface area contributed by atoms with E-state index in [0.717, 1.165) is 12.8 Å². The van der Waals surface area contributed by atoms with Crippen LogP contribution in [0.1, 0.15) is 51.9 Å². The molecule has 1 rings (SSSR count). The average Bonchev–Trinajstić information content (AvgIpc) is 2.30. The van der Waals surface area contributed by atoms with Gasteiger partial charge in [-0.1, -0.05) is 12.8 Å². The highest BCUT2D eigenvalue weighted by atomic mass is 32.1. The number of carbonyl (C=O) groups is 1. The summed E-state index contributed by atoms with van der Waals surface area (Å²) in [6, 6.07) is 0. The zero-order chi connectivity index (χ0) is 10.4. The van der Waals surface area contributed by atoms with Gasteiger partial charge in [-0.15, -0.1) is 0 Å². The van der Waals surface area contributed by atoms with E-state index >= 15 is 0 Å². The molecule has 0 bridgehead atoms. The minimum absolute atomic E-state index is 0.0931. The van der Waals surface area contributed by atoms with E-state index in [1.807, 2.05) is 0 Å². The quantitative estimate of drug-likeness (QED) is 0.446. The lowest BCUT2D eigenvalue weighted by Gasteiger charge is -2.28. The molecule has 0 unspecified atom stereocenters. The summed E-state index contributed by atoms with van der Waals surface area (Å²) in [6.45, 7) is 2.06. The second-order valence-electron chi connectivity index (χ2n) is 4.31. The first-order valence-corrected chi connectivity index (χ1v) is 6.12. The van der Waals surface area contributed by atoms with Crippen LogP contribution in [-0.4, -0.2) is 17.3 Å². The Kier molecular flexibility index (Phi) is 4.79. The SMILES string of the molecule is CC1(OC(=O)CCS)CCCCCC1. The zero-order valence-corrected chi connectivity index (χ0v) is 9.81. The van der Waals surface area contributed by atoms with Crippen LogP contribution in [0.3, 0.4) is 0 Å². The number of hydrogen-bond acceptors (Lipinski definition) is 3. The molecule has 14 heavy (non-hydrogen) atoms. The van der Waals surface area contributed by atoms with Crippen LogP contribution in [0.4, 0.5) is 0 Å². The van der Waals surface area contributed by atoms with Crippen LogP contribution in [0.15, 0.2) is 0 Å². The highest BCUT2D eigenvalue weighted by molar-refractivity contribution is 7.80. The van der Waals surface area contributed by atoms with Crippen molar-refractivity contribution in [2.75, 3.05) is 5.75 Å². The molecule has 0 amide bonds. The van der Waals surface area contributed by atoms with Crippen LogP contribution in [0, 0.1) is 0 Å². The van der Waals surface area contributed by atoms with Crippen LogP contribution < -0.4 is 0 Å². The van der Waals surface area contributed by atoms with Gasteiger partial charge in [0.25, 0.3) is 0 Å². The minimum Gasteiger partial charge on any atom is -0.459 e. The third-order valence-electron chi connectivity index (χ3n) is 2.84. The molecule has 2 nitrogen and oxygen atoms in total. The predicted molar refractivity (Wildman–Crippen MR) is 60.7 cm³/mol. The van der Waals surface area contributed by atoms with Crippen LogP contribution in [0.5, 0.6) is 0 Å². The van der Waals surface area contributed by atoms with Gasteiger partial charge < -0.3 is 4.74 Å². The molecule has 0 aromatic heterocycles. The van der Waals surface area contributed by atoms with Gasteiger partial charge >= 0.3 is 5.97 Å². The molecule has 1 saturated carbocycles. The van der Waals surface area contributed by atoms with Crippen LogP contribution in [0.25, 0.3) is 0 Å². The lowest BCUT2D eigenvalue weighted by Crippen LogP contribution is -2.31. The minimum atomic E-state index is -0.198. The third kappa shape index (κ3) is 3.91. The maximum Gasteiger partial charge on any atom is 0.307 e. The summed E-state index contributed by atoms with van der Waals surface area (Å²) in [5, 5.41) is 0. The van der Waals surface area contributed by atoms with E-state index in [4.69, 9.17) is 4.74 Å². The molecule has 0 aromatic carbocycles. The van der Waals surface area contributed by atoms with Crippen LogP contribution in [0.2, 0.25) is 0 Å². The first-order chi connectivity index (χ1) is 6.66. The van der Waals surface area contributed by atoms with Gasteiger partial charge in [0.05, 0.1) is 6.42 Å². The lowest BCUT2D eigenvalue weighted by molar-refractivity contribution is -0.158. The maximum atomic E-state index is 11.4. The fourth-order valence-electron chi connectivity index (χ4n) is 2.00. The molecule has 0 aliphatic heterocycles. The third-order valence-corrected chi connectivity index (χ3v) is 3.06. The summed E-state index contributed by atoms with van der Waals surface area (Å²) in [5.41, 5.74) is -0.198. The smallest absolute Gasteiger partial charge is 0.307 e. The molecule has 1 aliphatic carbocycles. The molecule has 0 N–H and O–H groups in total. The van der Waals surface area contributed by atoms with Crippen molar-refractivity contribution in [3.05, 3.63) is 0 Å². The van der Waals surface area contributed by atoms with Crippen molar-refractivity contribution in [2.24, 2.45) is 0 Å². The summed E-state index contributed by atoms with van der Waals surface area (Å²) >= 11 is 4.03. The van der Waals surface area contributed by atoms with Crippen LogP contribution >= 0.6 is 12.6 Å². The van der Waals surface area contributed by atoms with E-state index in [1.165, 1.54) is 25.7 Å². The summed E-state index contributed by atoms with van der Waals surface area (Å²) in [5.74, 6) is 0.485. The number of esters is 1. The van der Waals surface area contributed by atoms with Crippen molar-refractivity contribution in [3.8, 4) is 0 Å². The first-order valence-electron chi connectivity index (χ1n) is 5.49. The van der Waals surface area contributed by atoms with E-state index in [2.05, 4.69) is 19.6 Å². The molecule has 0 saturated heterocycles. The Morgan fingerprint density at radius 2 is 1.86 bits per heavy atom. The molecule has 0 aromatic rings. The fraction of sp³-hybridized carbons (Fsp3) is 0.909. The Hall–Kier alpha value is -0.180. The number of rotatable bonds is 3. The normalized spacial score (nSPS) is 21.3. The average molecular weight is 216 g/mol. The summed E-state index contributed by atoms with van der Waals surface area (Å²) in [6.07, 6.45) is 7.39. The van der Waals surface area contributed by atoms with Crippen LogP contribution in [-0.2, 0) is 9.53 Å². The largest absolute Gasteiger partial charge is 0.459 e. The van der Waals surface area contributed by atoms with Crippen molar-refractivity contribution in [3.63, 3.8) is 0 Å². The molecule has 0 atom stereocenters. The lowest BCUT2D eigenvalue weighted by atomic mass is 9.97. The van der Waals surface area contributed by atoms with Crippen molar-refractivity contribution >= 4 is 18.6 Å². The summed E-state index contributed by atoms with van der Waals surface area (Å²) in [4.78, 5) is 11.4. The van der Waals surface area contributed by atoms with E-state index in [-0.39, 0.29) is 11.6 Å². The summed E-state index contributed by atoms with van der Waals surface area (Å²) < 4.78 is 5.51. The molecular formula is C11H20O2S. The maximum absolute atomic E-state index is 11.4. The van der Waals surface area contributed by atoms with Crippen molar-refractivity contribution in [1.29, 1.82) is 0 Å².